The van der Waals surface area contributed by atoms with Crippen LogP contribution in [-0.2, 0) is 5.75 Å². The fraction of sp³-hybridized carbons (Fsp3) is 0.182. The minimum atomic E-state index is 0.342. The van der Waals surface area contributed by atoms with Crippen molar-refractivity contribution < 1.29 is 5.11 Å². The topological polar surface area (TPSA) is 33.1 Å². The Morgan fingerprint density at radius 2 is 2.20 bits per heavy atom. The van der Waals surface area contributed by atoms with Gasteiger partial charge in [-0.05, 0) is 19.1 Å². The molecule has 0 aliphatic rings. The van der Waals surface area contributed by atoms with Gasteiger partial charge in [0, 0.05) is 16.0 Å². The molecule has 2 nitrogen and oxygen atoms in total. The van der Waals surface area contributed by atoms with Crippen LogP contribution < -0.4 is 0 Å². The van der Waals surface area contributed by atoms with Crippen molar-refractivity contribution >= 4 is 23.1 Å². The summed E-state index contributed by atoms with van der Waals surface area (Å²) in [7, 11) is 0. The summed E-state index contributed by atoms with van der Waals surface area (Å²) in [5.41, 5.74) is 1.07. The lowest BCUT2D eigenvalue weighted by Gasteiger charge is -2.01. The molecule has 1 heterocycles. The highest BCUT2D eigenvalue weighted by Gasteiger charge is 2.03. The van der Waals surface area contributed by atoms with Gasteiger partial charge in [0.15, 0.2) is 0 Å². The van der Waals surface area contributed by atoms with Crippen LogP contribution in [0.1, 0.15) is 10.7 Å². The zero-order chi connectivity index (χ0) is 10.7. The zero-order valence-electron chi connectivity index (χ0n) is 8.30. The van der Waals surface area contributed by atoms with Gasteiger partial charge in [-0.15, -0.1) is 23.1 Å². The summed E-state index contributed by atoms with van der Waals surface area (Å²) in [6, 6.07) is 7.37. The van der Waals surface area contributed by atoms with Crippen molar-refractivity contribution in [3.63, 3.8) is 0 Å². The summed E-state index contributed by atoms with van der Waals surface area (Å²) in [4.78, 5) is 5.28. The largest absolute Gasteiger partial charge is 0.507 e. The summed E-state index contributed by atoms with van der Waals surface area (Å²) < 4.78 is 0. The Balaban J connectivity index is 2.02. The van der Waals surface area contributed by atoms with E-state index >= 15 is 0 Å². The van der Waals surface area contributed by atoms with E-state index in [1.807, 2.05) is 25.1 Å². The van der Waals surface area contributed by atoms with Gasteiger partial charge in [-0.1, -0.05) is 12.1 Å². The molecule has 1 aromatic heterocycles. The number of thiazole rings is 1. The highest BCUT2D eigenvalue weighted by molar-refractivity contribution is 7.98. The van der Waals surface area contributed by atoms with Gasteiger partial charge >= 0.3 is 0 Å². The number of thioether (sulfide) groups is 1. The normalized spacial score (nSPS) is 10.5. The first kappa shape index (κ1) is 10.5. The van der Waals surface area contributed by atoms with Crippen molar-refractivity contribution in [3.05, 3.63) is 40.3 Å². The maximum Gasteiger partial charge on any atom is 0.129 e. The Morgan fingerprint density at radius 3 is 2.87 bits per heavy atom. The lowest BCUT2D eigenvalue weighted by molar-refractivity contribution is 0.462. The molecule has 0 fully saturated rings. The van der Waals surface area contributed by atoms with E-state index < -0.39 is 0 Å². The number of rotatable bonds is 3. The van der Waals surface area contributed by atoms with E-state index in [9.17, 15) is 5.11 Å². The maximum absolute atomic E-state index is 9.56. The second-order valence-corrected chi connectivity index (χ2v) is 5.19. The predicted octanol–water partition coefficient (Wildman–Crippen LogP) is 3.45. The Hall–Kier alpha value is -1.00. The fourth-order valence-corrected chi connectivity index (χ4v) is 2.77. The highest BCUT2D eigenvalue weighted by Crippen LogP contribution is 2.30. The molecule has 0 aliphatic carbocycles. The van der Waals surface area contributed by atoms with E-state index in [0.717, 1.165) is 21.3 Å². The molecule has 2 rings (SSSR count). The summed E-state index contributed by atoms with van der Waals surface area (Å²) in [6.45, 7) is 2.00. The minimum absolute atomic E-state index is 0.342. The van der Waals surface area contributed by atoms with E-state index in [0.29, 0.717) is 5.75 Å². The molecule has 15 heavy (non-hydrogen) atoms. The van der Waals surface area contributed by atoms with Crippen molar-refractivity contribution in [2.45, 2.75) is 17.6 Å². The maximum atomic E-state index is 9.56. The number of phenolic OH excluding ortho intramolecular Hbond substituents is 1. The number of nitrogens with zero attached hydrogens (tertiary/aromatic N) is 1. The summed E-state index contributed by atoms with van der Waals surface area (Å²) >= 11 is 3.26. The van der Waals surface area contributed by atoms with Crippen LogP contribution in [0.4, 0.5) is 0 Å². The summed E-state index contributed by atoms with van der Waals surface area (Å²) in [5.74, 6) is 1.15. The van der Waals surface area contributed by atoms with Crippen molar-refractivity contribution in [1.82, 2.24) is 4.98 Å². The quantitative estimate of drug-likeness (QED) is 0.830. The Bertz CT molecular complexity index is 453. The Kier molecular flexibility index (Phi) is 3.28. The van der Waals surface area contributed by atoms with Crippen LogP contribution in [-0.4, -0.2) is 10.1 Å². The van der Waals surface area contributed by atoms with Gasteiger partial charge < -0.3 is 5.11 Å². The number of hydrogen-bond acceptors (Lipinski definition) is 4. The van der Waals surface area contributed by atoms with Crippen molar-refractivity contribution in [2.75, 3.05) is 0 Å². The number of aromatic nitrogens is 1. The van der Waals surface area contributed by atoms with Crippen LogP contribution >= 0.6 is 23.1 Å². The molecule has 0 spiro atoms. The third-order valence-corrected chi connectivity index (χ3v) is 3.83. The second kappa shape index (κ2) is 4.68. The molecule has 2 aromatic rings. The molecule has 1 aromatic carbocycles. The molecule has 0 aliphatic heterocycles. The first-order valence-corrected chi connectivity index (χ1v) is 6.44. The average molecular weight is 237 g/mol. The summed E-state index contributed by atoms with van der Waals surface area (Å²) in [6.07, 6.45) is 0. The van der Waals surface area contributed by atoms with Gasteiger partial charge in [0.1, 0.15) is 5.75 Å². The van der Waals surface area contributed by atoms with Gasteiger partial charge in [-0.25, -0.2) is 4.98 Å². The second-order valence-electron chi connectivity index (χ2n) is 3.11. The number of para-hydroxylation sites is 1. The molecule has 4 heteroatoms. The molecular formula is C11H11NOS2. The molecule has 0 bridgehead atoms. The first-order chi connectivity index (χ1) is 7.25. The van der Waals surface area contributed by atoms with Crippen molar-refractivity contribution in [3.8, 4) is 5.75 Å². The first-order valence-electron chi connectivity index (χ1n) is 4.57. The highest BCUT2D eigenvalue weighted by atomic mass is 32.2. The minimum Gasteiger partial charge on any atom is -0.507 e. The Morgan fingerprint density at radius 1 is 1.40 bits per heavy atom. The molecule has 0 saturated heterocycles. The molecule has 0 saturated carbocycles. The van der Waals surface area contributed by atoms with Crippen molar-refractivity contribution in [1.29, 1.82) is 0 Å². The van der Waals surface area contributed by atoms with E-state index in [1.165, 1.54) is 0 Å². The Labute approximate surface area is 97.0 Å². The number of hydrogen-bond donors (Lipinski definition) is 1. The molecule has 0 unspecified atom stereocenters. The number of aromatic hydroxyl groups is 1. The van der Waals surface area contributed by atoms with E-state index in [4.69, 9.17) is 0 Å². The zero-order valence-corrected chi connectivity index (χ0v) is 9.94. The number of aryl methyl sites for hydroxylation is 1. The average Bonchev–Trinajstić information content (AvgIpc) is 2.63. The van der Waals surface area contributed by atoms with E-state index in [1.54, 1.807) is 29.2 Å². The molecule has 0 atom stereocenters. The third kappa shape index (κ3) is 2.73. The monoisotopic (exact) mass is 237 g/mol. The molecule has 0 radical (unpaired) electrons. The van der Waals surface area contributed by atoms with Crippen LogP contribution in [0.2, 0.25) is 0 Å². The summed E-state index contributed by atoms with van der Waals surface area (Å²) in [5, 5.41) is 12.7. The van der Waals surface area contributed by atoms with Crippen LogP contribution in [0.5, 0.6) is 5.75 Å². The molecular weight excluding hydrogens is 226 g/mol. The third-order valence-electron chi connectivity index (χ3n) is 1.91. The van der Waals surface area contributed by atoms with Gasteiger partial charge in [-0.2, -0.15) is 0 Å². The van der Waals surface area contributed by atoms with Crippen LogP contribution in [0, 0.1) is 6.92 Å². The smallest absolute Gasteiger partial charge is 0.129 e. The van der Waals surface area contributed by atoms with Crippen LogP contribution in [0.3, 0.4) is 0 Å². The lowest BCUT2D eigenvalue weighted by atomic mass is 10.3. The SMILES string of the molecule is Cc1nc(CSc2ccccc2O)cs1. The fourth-order valence-electron chi connectivity index (χ4n) is 1.21. The predicted molar refractivity (Wildman–Crippen MR) is 64.5 cm³/mol. The van der Waals surface area contributed by atoms with Gasteiger partial charge in [0.25, 0.3) is 0 Å². The van der Waals surface area contributed by atoms with Gasteiger partial charge in [-0.3, -0.25) is 0 Å². The van der Waals surface area contributed by atoms with E-state index in [2.05, 4.69) is 10.4 Å². The van der Waals surface area contributed by atoms with Crippen LogP contribution in [0.25, 0.3) is 0 Å². The lowest BCUT2D eigenvalue weighted by Crippen LogP contribution is -1.81. The van der Waals surface area contributed by atoms with E-state index in [-0.39, 0.29) is 0 Å². The van der Waals surface area contributed by atoms with Crippen LogP contribution in [0.15, 0.2) is 34.5 Å². The number of benzene rings is 1. The molecule has 0 amide bonds. The van der Waals surface area contributed by atoms with Crippen molar-refractivity contribution in [2.24, 2.45) is 0 Å². The standard InChI is InChI=1S/C11H11NOS2/c1-8-12-9(6-14-8)7-15-11-5-3-2-4-10(11)13/h2-6,13H,7H2,1H3. The van der Waals surface area contributed by atoms with Gasteiger partial charge in [0.2, 0.25) is 0 Å². The molecule has 1 N–H and O–H groups in total. The molecule has 78 valence electrons. The number of phenols is 1. The van der Waals surface area contributed by atoms with Gasteiger partial charge in [0.05, 0.1) is 10.7 Å².